The molecule has 0 saturated heterocycles. The Morgan fingerprint density at radius 2 is 1.54 bits per heavy atom. The van der Waals surface area contributed by atoms with Crippen LogP contribution in [-0.2, 0) is 5.75 Å². The van der Waals surface area contributed by atoms with E-state index in [2.05, 4.69) is 83.4 Å². The maximum absolute atomic E-state index is 3.38. The minimum absolute atomic E-state index is 0.858. The molecule has 128 valence electrons. The Kier molecular flexibility index (Phi) is 4.04. The van der Waals surface area contributed by atoms with E-state index in [4.69, 9.17) is 0 Å². The van der Waals surface area contributed by atoms with Crippen molar-refractivity contribution in [2.75, 3.05) is 13.2 Å². The Hall–Kier alpha value is -2.49. The molecule has 1 aliphatic heterocycles. The van der Waals surface area contributed by atoms with E-state index in [9.17, 15) is 0 Å². The van der Waals surface area contributed by atoms with Crippen molar-refractivity contribution >= 4 is 44.1 Å². The van der Waals surface area contributed by atoms with Crippen LogP contribution in [0.25, 0.3) is 32.3 Å². The summed E-state index contributed by atoms with van der Waals surface area (Å²) in [6.07, 6.45) is 2.22. The maximum Gasteiger partial charge on any atom is 0.0666 e. The third-order valence-corrected chi connectivity index (χ3v) is 6.12. The average molecular weight is 356 g/mol. The lowest BCUT2D eigenvalue weighted by molar-refractivity contribution is 0.661. The summed E-state index contributed by atoms with van der Waals surface area (Å²) in [6.45, 7) is 1.81. The van der Waals surface area contributed by atoms with Crippen molar-refractivity contribution in [2.24, 2.45) is 0 Å². The van der Waals surface area contributed by atoms with E-state index in [0.29, 0.717) is 0 Å². The normalized spacial score (nSPS) is 14.5. The van der Waals surface area contributed by atoms with E-state index in [1.165, 1.54) is 42.9 Å². The van der Waals surface area contributed by atoms with Crippen molar-refractivity contribution in [3.05, 3.63) is 83.4 Å². The Bertz CT molecular complexity index is 1150. The van der Waals surface area contributed by atoms with E-state index in [1.807, 2.05) is 11.8 Å². The number of nitrogens with one attached hydrogen (secondary N) is 2. The molecule has 2 nitrogen and oxygen atoms in total. The molecule has 1 heterocycles. The zero-order valence-electron chi connectivity index (χ0n) is 14.5. The van der Waals surface area contributed by atoms with Crippen LogP contribution < -0.4 is 10.6 Å². The van der Waals surface area contributed by atoms with Gasteiger partial charge in [-0.05, 0) is 44.0 Å². The van der Waals surface area contributed by atoms with Gasteiger partial charge in [-0.15, -0.1) is 11.8 Å². The fraction of sp³-hybridized carbons (Fsp3) is 0.130. The summed E-state index contributed by atoms with van der Waals surface area (Å²) in [5, 5.41) is 15.9. The predicted molar refractivity (Wildman–Crippen MR) is 114 cm³/mol. The molecule has 26 heavy (non-hydrogen) atoms. The largest absolute Gasteiger partial charge is 0.368 e. The molecule has 3 heteroatoms. The van der Waals surface area contributed by atoms with Crippen molar-refractivity contribution in [3.8, 4) is 0 Å². The van der Waals surface area contributed by atoms with Crippen LogP contribution in [0.1, 0.15) is 5.56 Å². The summed E-state index contributed by atoms with van der Waals surface area (Å²) in [7, 11) is 0. The molecular formula is C23H20N2S. The van der Waals surface area contributed by atoms with Gasteiger partial charge in [0, 0.05) is 12.3 Å². The zero-order valence-corrected chi connectivity index (χ0v) is 15.3. The van der Waals surface area contributed by atoms with Gasteiger partial charge in [-0.3, -0.25) is 5.32 Å². The van der Waals surface area contributed by atoms with Gasteiger partial charge >= 0.3 is 0 Å². The summed E-state index contributed by atoms with van der Waals surface area (Å²) in [4.78, 5) is 0. The summed E-state index contributed by atoms with van der Waals surface area (Å²) in [6, 6.07) is 24.5. The number of thioether (sulfide) groups is 1. The van der Waals surface area contributed by atoms with Gasteiger partial charge in [-0.2, -0.15) is 0 Å². The fourth-order valence-corrected chi connectivity index (χ4v) is 4.58. The smallest absolute Gasteiger partial charge is 0.0666 e. The highest BCUT2D eigenvalue weighted by Gasteiger charge is 2.07. The quantitative estimate of drug-likeness (QED) is 0.483. The van der Waals surface area contributed by atoms with E-state index in [0.717, 1.165) is 19.0 Å². The highest BCUT2D eigenvalue weighted by molar-refractivity contribution is 8.02. The summed E-state index contributed by atoms with van der Waals surface area (Å²) in [5.74, 6) is 0.991. The molecule has 1 aliphatic rings. The van der Waals surface area contributed by atoms with Crippen molar-refractivity contribution in [3.63, 3.8) is 0 Å². The zero-order chi connectivity index (χ0) is 17.3. The minimum Gasteiger partial charge on any atom is -0.368 e. The molecule has 5 rings (SSSR count). The SMILES string of the molecule is C1=C(SCc2ccc3c(ccc4c5ccccc5ccc34)c2)NCNC1. The third kappa shape index (κ3) is 2.83. The van der Waals surface area contributed by atoms with Gasteiger partial charge < -0.3 is 5.32 Å². The van der Waals surface area contributed by atoms with Gasteiger partial charge in [0.1, 0.15) is 0 Å². The Morgan fingerprint density at radius 1 is 0.769 bits per heavy atom. The second-order valence-electron chi connectivity index (χ2n) is 6.67. The predicted octanol–water partition coefficient (Wildman–Crippen LogP) is 5.37. The van der Waals surface area contributed by atoms with Crippen molar-refractivity contribution < 1.29 is 0 Å². The molecule has 0 unspecified atom stereocenters. The molecule has 2 N–H and O–H groups in total. The van der Waals surface area contributed by atoms with Crippen LogP contribution >= 0.6 is 11.8 Å². The molecule has 4 aromatic carbocycles. The lowest BCUT2D eigenvalue weighted by Gasteiger charge is -2.16. The van der Waals surface area contributed by atoms with Gasteiger partial charge in [-0.1, -0.05) is 66.7 Å². The molecule has 0 spiro atoms. The van der Waals surface area contributed by atoms with E-state index >= 15 is 0 Å². The van der Waals surface area contributed by atoms with Crippen LogP contribution in [0.5, 0.6) is 0 Å². The van der Waals surface area contributed by atoms with Crippen LogP contribution in [0.3, 0.4) is 0 Å². The lowest BCUT2D eigenvalue weighted by atomic mass is 9.96. The summed E-state index contributed by atoms with van der Waals surface area (Å²) < 4.78 is 0. The van der Waals surface area contributed by atoms with Gasteiger partial charge in [0.05, 0.1) is 11.7 Å². The highest BCUT2D eigenvalue weighted by atomic mass is 32.2. The van der Waals surface area contributed by atoms with E-state index in [-0.39, 0.29) is 0 Å². The van der Waals surface area contributed by atoms with Crippen LogP contribution in [0.2, 0.25) is 0 Å². The Morgan fingerprint density at radius 3 is 2.38 bits per heavy atom. The number of fused-ring (bicyclic) bond motifs is 5. The van der Waals surface area contributed by atoms with Crippen molar-refractivity contribution in [2.45, 2.75) is 5.75 Å². The molecular weight excluding hydrogens is 336 g/mol. The Balaban J connectivity index is 1.53. The van der Waals surface area contributed by atoms with Crippen LogP contribution in [0, 0.1) is 0 Å². The molecule has 0 saturated carbocycles. The van der Waals surface area contributed by atoms with Crippen molar-refractivity contribution in [1.82, 2.24) is 10.6 Å². The standard InChI is InChI=1S/C23H20N2S/c1-2-4-19-17(3-1)6-9-22-20-8-5-16(13-18(20)7-10-21(19)22)14-26-23-11-12-24-15-25-23/h1-11,13,24-25H,12,14-15H2. The first-order valence-electron chi connectivity index (χ1n) is 8.99. The third-order valence-electron chi connectivity index (χ3n) is 5.02. The molecule has 4 aromatic rings. The summed E-state index contributed by atoms with van der Waals surface area (Å²) >= 11 is 1.87. The van der Waals surface area contributed by atoms with Crippen molar-refractivity contribution in [1.29, 1.82) is 0 Å². The first-order valence-corrected chi connectivity index (χ1v) is 9.98. The average Bonchev–Trinajstić information content (AvgIpc) is 2.72. The Labute approximate surface area is 157 Å². The van der Waals surface area contributed by atoms with Crippen LogP contribution in [0.15, 0.2) is 77.8 Å². The highest BCUT2D eigenvalue weighted by Crippen LogP contribution is 2.32. The van der Waals surface area contributed by atoms with E-state index in [1.54, 1.807) is 0 Å². The second-order valence-corrected chi connectivity index (χ2v) is 7.68. The molecule has 0 radical (unpaired) electrons. The number of hydrogen-bond acceptors (Lipinski definition) is 3. The van der Waals surface area contributed by atoms with Crippen LogP contribution in [-0.4, -0.2) is 13.2 Å². The summed E-state index contributed by atoms with van der Waals surface area (Å²) in [5.41, 5.74) is 1.36. The van der Waals surface area contributed by atoms with Gasteiger partial charge in [0.2, 0.25) is 0 Å². The first-order chi connectivity index (χ1) is 12.9. The second kappa shape index (κ2) is 6.67. The lowest BCUT2D eigenvalue weighted by Crippen LogP contribution is -2.32. The first kappa shape index (κ1) is 15.7. The topological polar surface area (TPSA) is 24.1 Å². The number of hydrogen-bond donors (Lipinski definition) is 2. The number of rotatable bonds is 3. The van der Waals surface area contributed by atoms with Gasteiger partial charge in [-0.25, -0.2) is 0 Å². The van der Waals surface area contributed by atoms with Gasteiger partial charge in [0.15, 0.2) is 0 Å². The minimum atomic E-state index is 0.858. The molecule has 0 amide bonds. The molecule has 0 bridgehead atoms. The van der Waals surface area contributed by atoms with Crippen LogP contribution in [0.4, 0.5) is 0 Å². The molecule has 0 fully saturated rings. The molecule has 0 atom stereocenters. The van der Waals surface area contributed by atoms with Gasteiger partial charge in [0.25, 0.3) is 0 Å². The fourth-order valence-electron chi connectivity index (χ4n) is 3.70. The molecule has 0 aromatic heterocycles. The monoisotopic (exact) mass is 356 g/mol. The van der Waals surface area contributed by atoms with E-state index < -0.39 is 0 Å². The number of benzene rings is 4. The maximum atomic E-state index is 3.38. The molecule has 0 aliphatic carbocycles.